The highest BCUT2D eigenvalue weighted by Gasteiger charge is 2.32. The zero-order valence-corrected chi connectivity index (χ0v) is 10.1. The molecule has 1 saturated carbocycles. The van der Waals surface area contributed by atoms with E-state index in [0.29, 0.717) is 0 Å². The van der Waals surface area contributed by atoms with Crippen molar-refractivity contribution in [2.24, 2.45) is 5.73 Å². The van der Waals surface area contributed by atoms with Crippen LogP contribution < -0.4 is 15.8 Å². The molecule has 3 N–H and O–H groups in total. The molecule has 0 aromatic heterocycles. The highest BCUT2D eigenvalue weighted by molar-refractivity contribution is 7.80. The Labute approximate surface area is 107 Å². The molecule has 98 valence electrons. The Kier molecular flexibility index (Phi) is 3.34. The monoisotopic (exact) mass is 276 g/mol. The number of alkyl halides is 3. The fraction of sp³-hybridized carbons (Fsp3) is 0.364. The molecule has 2 rings (SSSR count). The third-order valence-electron chi connectivity index (χ3n) is 2.33. The first-order valence-electron chi connectivity index (χ1n) is 5.30. The van der Waals surface area contributed by atoms with Crippen molar-refractivity contribution in [1.82, 2.24) is 0 Å². The second-order valence-corrected chi connectivity index (χ2v) is 4.49. The van der Waals surface area contributed by atoms with Crippen LogP contribution >= 0.6 is 12.2 Å². The van der Waals surface area contributed by atoms with E-state index in [9.17, 15) is 13.2 Å². The quantitative estimate of drug-likeness (QED) is 0.833. The van der Waals surface area contributed by atoms with Crippen molar-refractivity contribution in [3.05, 3.63) is 23.8 Å². The third kappa shape index (κ3) is 3.49. The molecule has 0 atom stereocenters. The lowest BCUT2D eigenvalue weighted by Crippen LogP contribution is -2.19. The van der Waals surface area contributed by atoms with E-state index < -0.39 is 11.7 Å². The smallest absolute Gasteiger partial charge is 0.416 e. The second-order valence-electron chi connectivity index (χ2n) is 4.05. The molecular formula is C11H11F3N2OS. The maximum atomic E-state index is 12.7. The van der Waals surface area contributed by atoms with E-state index in [1.165, 1.54) is 6.07 Å². The SMILES string of the molecule is NC(=S)Nc1cc(OC2CC2)cc(C(F)(F)F)c1. The van der Waals surface area contributed by atoms with Gasteiger partial charge in [-0.2, -0.15) is 13.2 Å². The highest BCUT2D eigenvalue weighted by Crippen LogP contribution is 2.36. The number of nitrogens with two attached hydrogens (primary N) is 1. The van der Waals surface area contributed by atoms with Crippen molar-refractivity contribution in [3.63, 3.8) is 0 Å². The molecule has 0 saturated heterocycles. The molecule has 0 bridgehead atoms. The first-order chi connectivity index (χ1) is 8.34. The van der Waals surface area contributed by atoms with Gasteiger partial charge in [-0.05, 0) is 37.2 Å². The summed E-state index contributed by atoms with van der Waals surface area (Å²) < 4.78 is 43.4. The van der Waals surface area contributed by atoms with Crippen LogP contribution in [-0.2, 0) is 6.18 Å². The Hall–Kier alpha value is -1.50. The van der Waals surface area contributed by atoms with Crippen LogP contribution in [0.1, 0.15) is 18.4 Å². The van der Waals surface area contributed by atoms with Crippen LogP contribution in [0.2, 0.25) is 0 Å². The Balaban J connectivity index is 2.30. The fourth-order valence-electron chi connectivity index (χ4n) is 1.42. The standard InChI is InChI=1S/C11H11F3N2OS/c12-11(13,14)6-3-7(16-10(15)18)5-9(4-6)17-8-1-2-8/h3-5,8H,1-2H2,(H3,15,16,18). The number of thiocarbonyl (C=S) groups is 1. The summed E-state index contributed by atoms with van der Waals surface area (Å²) in [5.74, 6) is 0.172. The summed E-state index contributed by atoms with van der Waals surface area (Å²) in [6.45, 7) is 0. The lowest BCUT2D eigenvalue weighted by Gasteiger charge is -2.13. The number of benzene rings is 1. The van der Waals surface area contributed by atoms with Crippen LogP contribution in [0.15, 0.2) is 18.2 Å². The molecule has 1 aromatic rings. The number of anilines is 1. The third-order valence-corrected chi connectivity index (χ3v) is 2.43. The van der Waals surface area contributed by atoms with Crippen LogP contribution in [0, 0.1) is 0 Å². The Morgan fingerprint density at radius 1 is 1.33 bits per heavy atom. The van der Waals surface area contributed by atoms with E-state index in [2.05, 4.69) is 17.5 Å². The number of ether oxygens (including phenoxy) is 1. The molecular weight excluding hydrogens is 265 g/mol. The number of halogens is 3. The second kappa shape index (κ2) is 4.64. The number of nitrogens with one attached hydrogen (secondary N) is 1. The normalized spacial score (nSPS) is 15.3. The van der Waals surface area contributed by atoms with Gasteiger partial charge in [0.2, 0.25) is 0 Å². The topological polar surface area (TPSA) is 47.3 Å². The van der Waals surface area contributed by atoms with E-state index in [4.69, 9.17) is 10.5 Å². The summed E-state index contributed by atoms with van der Waals surface area (Å²) in [6.07, 6.45) is -2.68. The molecule has 1 aliphatic carbocycles. The molecule has 0 unspecified atom stereocenters. The summed E-state index contributed by atoms with van der Waals surface area (Å²) in [5, 5.41) is 2.39. The maximum absolute atomic E-state index is 12.7. The fourth-order valence-corrected chi connectivity index (χ4v) is 1.54. The van der Waals surface area contributed by atoms with Crippen molar-refractivity contribution < 1.29 is 17.9 Å². The van der Waals surface area contributed by atoms with Crippen molar-refractivity contribution in [1.29, 1.82) is 0 Å². The molecule has 7 heteroatoms. The van der Waals surface area contributed by atoms with Crippen LogP contribution in [-0.4, -0.2) is 11.2 Å². The van der Waals surface area contributed by atoms with Gasteiger partial charge in [-0.1, -0.05) is 0 Å². The van der Waals surface area contributed by atoms with Crippen LogP contribution in [0.4, 0.5) is 18.9 Å². The van der Waals surface area contributed by atoms with E-state index in [0.717, 1.165) is 25.0 Å². The van der Waals surface area contributed by atoms with Gasteiger partial charge < -0.3 is 15.8 Å². The maximum Gasteiger partial charge on any atom is 0.416 e. The number of rotatable bonds is 3. The first-order valence-corrected chi connectivity index (χ1v) is 5.71. The molecule has 1 aromatic carbocycles. The van der Waals surface area contributed by atoms with Gasteiger partial charge >= 0.3 is 6.18 Å². The Bertz CT molecular complexity index is 472. The van der Waals surface area contributed by atoms with E-state index in [-0.39, 0.29) is 22.7 Å². The minimum absolute atomic E-state index is 0.0196. The van der Waals surface area contributed by atoms with Gasteiger partial charge in [0, 0.05) is 11.8 Å². The molecule has 1 aliphatic rings. The predicted molar refractivity (Wildman–Crippen MR) is 65.5 cm³/mol. The lowest BCUT2D eigenvalue weighted by atomic mass is 10.2. The first kappa shape index (κ1) is 12.9. The van der Waals surface area contributed by atoms with E-state index in [1.807, 2.05) is 0 Å². The van der Waals surface area contributed by atoms with Gasteiger partial charge in [0.05, 0.1) is 11.7 Å². The highest BCUT2D eigenvalue weighted by atomic mass is 32.1. The van der Waals surface area contributed by atoms with Crippen molar-refractivity contribution in [2.75, 3.05) is 5.32 Å². The molecule has 3 nitrogen and oxygen atoms in total. The lowest BCUT2D eigenvalue weighted by molar-refractivity contribution is -0.137. The van der Waals surface area contributed by atoms with Crippen LogP contribution in [0.5, 0.6) is 5.75 Å². The summed E-state index contributed by atoms with van der Waals surface area (Å²) in [4.78, 5) is 0. The van der Waals surface area contributed by atoms with Gasteiger partial charge in [-0.3, -0.25) is 0 Å². The summed E-state index contributed by atoms with van der Waals surface area (Å²) in [7, 11) is 0. The average molecular weight is 276 g/mol. The predicted octanol–water partition coefficient (Wildman–Crippen LogP) is 2.90. The number of hydrogen-bond acceptors (Lipinski definition) is 2. The molecule has 0 amide bonds. The Morgan fingerprint density at radius 2 is 2.00 bits per heavy atom. The zero-order valence-electron chi connectivity index (χ0n) is 9.25. The molecule has 0 heterocycles. The average Bonchev–Trinajstić information content (AvgIpc) is 2.98. The van der Waals surface area contributed by atoms with Gasteiger partial charge in [0.25, 0.3) is 0 Å². The number of hydrogen-bond donors (Lipinski definition) is 2. The van der Waals surface area contributed by atoms with Crippen molar-refractivity contribution in [3.8, 4) is 5.75 Å². The largest absolute Gasteiger partial charge is 0.490 e. The van der Waals surface area contributed by atoms with Gasteiger partial charge in [-0.15, -0.1) is 0 Å². The van der Waals surface area contributed by atoms with Crippen LogP contribution in [0.3, 0.4) is 0 Å². The summed E-state index contributed by atoms with van der Waals surface area (Å²) in [6, 6.07) is 3.37. The summed E-state index contributed by atoms with van der Waals surface area (Å²) in [5.41, 5.74) is 4.63. The summed E-state index contributed by atoms with van der Waals surface area (Å²) >= 11 is 4.60. The van der Waals surface area contributed by atoms with E-state index >= 15 is 0 Å². The minimum atomic E-state index is -4.43. The molecule has 0 aliphatic heterocycles. The molecule has 0 spiro atoms. The van der Waals surface area contributed by atoms with Gasteiger partial charge in [0.1, 0.15) is 5.75 Å². The van der Waals surface area contributed by atoms with Crippen molar-refractivity contribution in [2.45, 2.75) is 25.1 Å². The van der Waals surface area contributed by atoms with Gasteiger partial charge in [-0.25, -0.2) is 0 Å². The molecule has 1 fully saturated rings. The van der Waals surface area contributed by atoms with Crippen LogP contribution in [0.25, 0.3) is 0 Å². The zero-order chi connectivity index (χ0) is 13.3. The van der Waals surface area contributed by atoms with Crippen molar-refractivity contribution >= 4 is 23.0 Å². The minimum Gasteiger partial charge on any atom is -0.490 e. The molecule has 18 heavy (non-hydrogen) atoms. The van der Waals surface area contributed by atoms with E-state index in [1.54, 1.807) is 0 Å². The van der Waals surface area contributed by atoms with Gasteiger partial charge in [0.15, 0.2) is 5.11 Å². The molecule has 0 radical (unpaired) electrons. The Morgan fingerprint density at radius 3 is 2.50 bits per heavy atom.